The Morgan fingerprint density at radius 2 is 2.19 bits per heavy atom. The van der Waals surface area contributed by atoms with Crippen molar-refractivity contribution >= 4 is 24.0 Å². The lowest BCUT2D eigenvalue weighted by Crippen LogP contribution is -2.33. The van der Waals surface area contributed by atoms with Gasteiger partial charge in [-0.1, -0.05) is 0 Å². The summed E-state index contributed by atoms with van der Waals surface area (Å²) in [6.07, 6.45) is 0.650. The predicted octanol–water partition coefficient (Wildman–Crippen LogP) is 0.357. The lowest BCUT2D eigenvalue weighted by molar-refractivity contribution is -0.145. The summed E-state index contributed by atoms with van der Waals surface area (Å²) in [5, 5.41) is 9.03. The monoisotopic (exact) mass is 371 g/mol. The number of rotatable bonds is 13. The van der Waals surface area contributed by atoms with Gasteiger partial charge in [0.15, 0.2) is 18.2 Å². The fourth-order valence-corrected chi connectivity index (χ4v) is 2.06. The van der Waals surface area contributed by atoms with E-state index in [0.717, 1.165) is 0 Å². The molecule has 1 heterocycles. The summed E-state index contributed by atoms with van der Waals surface area (Å²) in [6.45, 7) is 1.82. The highest BCUT2D eigenvalue weighted by molar-refractivity contribution is 5.75. The topological polar surface area (TPSA) is 119 Å². The Bertz CT molecular complexity index is 571. The van der Waals surface area contributed by atoms with Gasteiger partial charge in [-0.15, -0.1) is 0 Å². The van der Waals surface area contributed by atoms with Crippen molar-refractivity contribution in [2.24, 2.45) is 0 Å². The molecule has 1 aromatic heterocycles. The zero-order chi connectivity index (χ0) is 19.4. The van der Waals surface area contributed by atoms with E-state index in [1.165, 1.54) is 19.1 Å². The number of nitrogens with one attached hydrogen (secondary N) is 1. The molecule has 10 heteroatoms. The third kappa shape index (κ3) is 6.82. The van der Waals surface area contributed by atoms with Gasteiger partial charge in [-0.3, -0.25) is 14.5 Å². The molecule has 0 saturated heterocycles. The maximum absolute atomic E-state index is 11.4. The Morgan fingerprint density at radius 3 is 2.77 bits per heavy atom. The molecule has 1 atom stereocenters. The molecule has 1 aromatic rings. The van der Waals surface area contributed by atoms with Crippen molar-refractivity contribution in [3.05, 3.63) is 12.1 Å². The Kier molecular flexibility index (Phi) is 9.98. The van der Waals surface area contributed by atoms with Crippen LogP contribution in [0.15, 0.2) is 12.1 Å². The first-order chi connectivity index (χ1) is 12.6. The minimum Gasteiger partial charge on any atom is -0.478 e. The number of carbonyl (C=O) groups excluding carboxylic acids is 2. The van der Waals surface area contributed by atoms with E-state index in [0.29, 0.717) is 18.6 Å². The average molecular weight is 371 g/mol. The second-order valence-electron chi connectivity index (χ2n) is 5.04. The summed E-state index contributed by atoms with van der Waals surface area (Å²) in [7, 11) is 2.89. The number of aliphatic hydroxyl groups excluding tert-OH is 1. The molecule has 146 valence electrons. The van der Waals surface area contributed by atoms with E-state index in [4.69, 9.17) is 24.2 Å². The van der Waals surface area contributed by atoms with Gasteiger partial charge in [0.25, 0.3) is 0 Å². The van der Waals surface area contributed by atoms with Gasteiger partial charge in [-0.05, 0) is 25.5 Å². The summed E-state index contributed by atoms with van der Waals surface area (Å²) in [5.41, 5.74) is 2.54. The van der Waals surface area contributed by atoms with Crippen LogP contribution in [-0.2, 0) is 23.9 Å². The molecule has 26 heavy (non-hydrogen) atoms. The Hall–Kier alpha value is -2.43. The quantitative estimate of drug-likeness (QED) is 0.288. The van der Waals surface area contributed by atoms with Crippen LogP contribution in [0.2, 0.25) is 0 Å². The van der Waals surface area contributed by atoms with Gasteiger partial charge >= 0.3 is 5.97 Å². The van der Waals surface area contributed by atoms with Gasteiger partial charge < -0.3 is 19.3 Å². The molecule has 1 rings (SSSR count). The van der Waals surface area contributed by atoms with Crippen LogP contribution in [0.25, 0.3) is 0 Å². The number of amides is 1. The highest BCUT2D eigenvalue weighted by atomic mass is 16.6. The van der Waals surface area contributed by atoms with Gasteiger partial charge in [0.05, 0.1) is 26.4 Å². The number of aromatic nitrogens is 1. The maximum atomic E-state index is 11.4. The number of nitrogens with zero attached hydrogens (tertiary/aromatic N) is 2. The van der Waals surface area contributed by atoms with Crippen molar-refractivity contribution in [1.29, 1.82) is 0 Å². The molecule has 0 radical (unpaired) electrons. The van der Waals surface area contributed by atoms with Crippen molar-refractivity contribution in [1.82, 2.24) is 4.98 Å². The molecular formula is C16H25N3O7. The number of anilines is 2. The summed E-state index contributed by atoms with van der Waals surface area (Å²) in [5.74, 6) is 0.259. The van der Waals surface area contributed by atoms with E-state index in [-0.39, 0.29) is 44.0 Å². The molecule has 0 aliphatic heterocycles. The van der Waals surface area contributed by atoms with Gasteiger partial charge in [0.2, 0.25) is 6.41 Å². The van der Waals surface area contributed by atoms with E-state index in [2.05, 4.69) is 10.5 Å². The number of hydrogen-bond donors (Lipinski definition) is 2. The number of pyridine rings is 1. The standard InChI is InChI=1S/C16H25N3O7/c1-4-25-15(22)10-26-13-5-6-14(17-16(13)18-24-3)19(11-21)9-12(23-2)7-8-20/h5-6,11-12,20H,4,7-10H2,1-3H3,(H,17,18). The maximum Gasteiger partial charge on any atom is 0.344 e. The second kappa shape index (κ2) is 12.0. The molecular weight excluding hydrogens is 346 g/mol. The van der Waals surface area contributed by atoms with Crippen molar-refractivity contribution < 1.29 is 33.7 Å². The molecule has 0 aliphatic carbocycles. The first kappa shape index (κ1) is 21.6. The zero-order valence-corrected chi connectivity index (χ0v) is 15.1. The SMILES string of the molecule is CCOC(=O)COc1ccc(N(C=O)CC(CCO)OC)nc1NOC. The van der Waals surface area contributed by atoms with Gasteiger partial charge in [0.1, 0.15) is 5.82 Å². The van der Waals surface area contributed by atoms with Crippen LogP contribution in [0.1, 0.15) is 13.3 Å². The molecule has 0 bridgehead atoms. The largest absolute Gasteiger partial charge is 0.478 e. The van der Waals surface area contributed by atoms with E-state index in [1.807, 2.05) is 0 Å². The lowest BCUT2D eigenvalue weighted by atomic mass is 10.2. The van der Waals surface area contributed by atoms with Crippen molar-refractivity contribution in [3.63, 3.8) is 0 Å². The smallest absolute Gasteiger partial charge is 0.344 e. The molecule has 0 fully saturated rings. The Balaban J connectivity index is 2.93. The van der Waals surface area contributed by atoms with Gasteiger partial charge in [0, 0.05) is 13.7 Å². The molecule has 0 saturated carbocycles. The lowest BCUT2D eigenvalue weighted by Gasteiger charge is -2.23. The minimum absolute atomic E-state index is 0.0598. The van der Waals surface area contributed by atoms with Crippen molar-refractivity contribution in [2.45, 2.75) is 19.4 Å². The van der Waals surface area contributed by atoms with Crippen LogP contribution in [0.4, 0.5) is 11.6 Å². The summed E-state index contributed by atoms with van der Waals surface area (Å²) in [4.78, 5) is 33.3. The van der Waals surface area contributed by atoms with Gasteiger partial charge in [-0.25, -0.2) is 15.3 Å². The van der Waals surface area contributed by atoms with Crippen LogP contribution in [0.5, 0.6) is 5.75 Å². The van der Waals surface area contributed by atoms with Gasteiger partial charge in [-0.2, -0.15) is 0 Å². The van der Waals surface area contributed by atoms with E-state index >= 15 is 0 Å². The third-order valence-corrected chi connectivity index (χ3v) is 3.30. The summed E-state index contributed by atoms with van der Waals surface area (Å²) in [6, 6.07) is 3.11. The fraction of sp³-hybridized carbons (Fsp3) is 0.562. The number of esters is 1. The predicted molar refractivity (Wildman–Crippen MR) is 92.9 cm³/mol. The Morgan fingerprint density at radius 1 is 1.42 bits per heavy atom. The summed E-state index contributed by atoms with van der Waals surface area (Å²) >= 11 is 0. The molecule has 10 nitrogen and oxygen atoms in total. The van der Waals surface area contributed by atoms with Crippen LogP contribution in [0, 0.1) is 0 Å². The first-order valence-electron chi connectivity index (χ1n) is 8.03. The molecule has 1 unspecified atom stereocenters. The highest BCUT2D eigenvalue weighted by Crippen LogP contribution is 2.26. The molecule has 1 amide bonds. The van der Waals surface area contributed by atoms with E-state index in [9.17, 15) is 9.59 Å². The Labute approximate surface area is 152 Å². The van der Waals surface area contributed by atoms with Crippen molar-refractivity contribution in [2.75, 3.05) is 51.0 Å². The molecule has 0 aromatic carbocycles. The molecule has 0 aliphatic rings. The number of aliphatic hydroxyl groups is 1. The number of hydrogen-bond acceptors (Lipinski definition) is 9. The van der Waals surface area contributed by atoms with E-state index < -0.39 is 5.97 Å². The second-order valence-corrected chi connectivity index (χ2v) is 5.04. The number of ether oxygens (including phenoxy) is 3. The molecule has 0 spiro atoms. The van der Waals surface area contributed by atoms with Crippen LogP contribution in [-0.4, -0.2) is 69.2 Å². The molecule has 2 N–H and O–H groups in total. The average Bonchev–Trinajstić information content (AvgIpc) is 2.64. The summed E-state index contributed by atoms with van der Waals surface area (Å²) < 4.78 is 15.4. The van der Waals surface area contributed by atoms with E-state index in [1.54, 1.807) is 19.1 Å². The number of methoxy groups -OCH3 is 1. The fourth-order valence-electron chi connectivity index (χ4n) is 2.06. The third-order valence-electron chi connectivity index (χ3n) is 3.30. The minimum atomic E-state index is -0.513. The highest BCUT2D eigenvalue weighted by Gasteiger charge is 2.17. The zero-order valence-electron chi connectivity index (χ0n) is 15.1. The first-order valence-corrected chi connectivity index (χ1v) is 8.03. The number of carbonyl (C=O) groups is 2. The normalized spacial score (nSPS) is 11.5. The van der Waals surface area contributed by atoms with Crippen LogP contribution in [0.3, 0.4) is 0 Å². The van der Waals surface area contributed by atoms with Crippen molar-refractivity contribution in [3.8, 4) is 5.75 Å². The van der Waals surface area contributed by atoms with Crippen LogP contribution >= 0.6 is 0 Å². The van der Waals surface area contributed by atoms with Crippen LogP contribution < -0.4 is 15.1 Å².